The third-order valence-corrected chi connectivity index (χ3v) is 3.59. The van der Waals surface area contributed by atoms with Gasteiger partial charge < -0.3 is 19.7 Å². The van der Waals surface area contributed by atoms with Gasteiger partial charge in [-0.2, -0.15) is 0 Å². The Morgan fingerprint density at radius 1 is 1.19 bits per heavy atom. The van der Waals surface area contributed by atoms with Crippen LogP contribution in [0.1, 0.15) is 10.4 Å². The van der Waals surface area contributed by atoms with E-state index in [1.807, 2.05) is 0 Å². The van der Waals surface area contributed by atoms with E-state index >= 15 is 0 Å². The van der Waals surface area contributed by atoms with E-state index in [-0.39, 0.29) is 13.2 Å². The minimum atomic E-state index is -0.472. The summed E-state index contributed by atoms with van der Waals surface area (Å²) in [5.41, 5.74) is 0.716. The van der Waals surface area contributed by atoms with E-state index in [1.54, 1.807) is 6.07 Å². The second kappa shape index (κ2) is 9.33. The van der Waals surface area contributed by atoms with Crippen LogP contribution in [0.15, 0.2) is 42.5 Å². The number of rotatable bonds is 8. The number of anilines is 1. The van der Waals surface area contributed by atoms with Crippen molar-refractivity contribution in [1.29, 1.82) is 0 Å². The Balaban J connectivity index is 1.88. The van der Waals surface area contributed by atoms with Crippen molar-refractivity contribution in [2.75, 3.05) is 32.6 Å². The van der Waals surface area contributed by atoms with Gasteiger partial charge in [0.25, 0.3) is 5.91 Å². The van der Waals surface area contributed by atoms with Crippen LogP contribution in [-0.4, -0.2) is 50.3 Å². The van der Waals surface area contributed by atoms with E-state index in [0.29, 0.717) is 29.0 Å². The number of halogens is 1. The van der Waals surface area contributed by atoms with Gasteiger partial charge in [-0.25, -0.2) is 4.39 Å². The number of aldehydes is 1. The van der Waals surface area contributed by atoms with Crippen molar-refractivity contribution >= 4 is 23.8 Å². The number of nitrogens with zero attached hydrogens (tertiary/aromatic N) is 1. The van der Waals surface area contributed by atoms with Crippen molar-refractivity contribution in [3.63, 3.8) is 0 Å². The van der Waals surface area contributed by atoms with Crippen LogP contribution < -0.4 is 14.8 Å². The predicted octanol–water partition coefficient (Wildman–Crippen LogP) is 2.12. The number of nitrogens with one attached hydrogen (secondary N) is 1. The molecule has 0 fully saturated rings. The maximum Gasteiger partial charge on any atom is 0.260 e. The Hall–Kier alpha value is -3.42. The molecule has 142 valence electrons. The summed E-state index contributed by atoms with van der Waals surface area (Å²) in [4.78, 5) is 36.1. The van der Waals surface area contributed by atoms with Crippen molar-refractivity contribution in [2.45, 2.75) is 0 Å². The molecule has 2 aromatic rings. The molecular formula is C19H19FN2O5. The lowest BCUT2D eigenvalue weighted by molar-refractivity contribution is -0.135. The molecule has 2 rings (SSSR count). The lowest BCUT2D eigenvalue weighted by Gasteiger charge is -2.18. The quantitative estimate of drug-likeness (QED) is 0.716. The van der Waals surface area contributed by atoms with Crippen molar-refractivity contribution in [2.24, 2.45) is 0 Å². The number of carbonyl (C=O) groups excluding carboxylic acids is 3. The number of carbonyl (C=O) groups is 3. The molecule has 0 saturated carbocycles. The molecule has 0 aliphatic heterocycles. The highest BCUT2D eigenvalue weighted by Crippen LogP contribution is 2.27. The Bertz CT molecular complexity index is 841. The molecule has 0 saturated heterocycles. The fourth-order valence-electron chi connectivity index (χ4n) is 2.20. The Labute approximate surface area is 155 Å². The molecule has 2 amide bonds. The van der Waals surface area contributed by atoms with Gasteiger partial charge in [-0.3, -0.25) is 14.4 Å². The summed E-state index contributed by atoms with van der Waals surface area (Å²) >= 11 is 0. The zero-order valence-electron chi connectivity index (χ0n) is 14.9. The lowest BCUT2D eigenvalue weighted by atomic mass is 10.2. The van der Waals surface area contributed by atoms with Crippen molar-refractivity contribution in [1.82, 2.24) is 4.90 Å². The Morgan fingerprint density at radius 3 is 2.63 bits per heavy atom. The molecule has 0 heterocycles. The highest BCUT2D eigenvalue weighted by molar-refractivity contribution is 5.94. The van der Waals surface area contributed by atoms with E-state index < -0.39 is 17.6 Å². The summed E-state index contributed by atoms with van der Waals surface area (Å²) in [7, 11) is 2.87. The maximum atomic E-state index is 13.1. The summed E-state index contributed by atoms with van der Waals surface area (Å²) in [6.07, 6.45) is 0.669. The molecule has 27 heavy (non-hydrogen) atoms. The number of likely N-dealkylation sites (N-methyl/N-ethyl adjacent to an activating group) is 1. The number of ether oxygens (including phenoxy) is 2. The average molecular weight is 374 g/mol. The third-order valence-electron chi connectivity index (χ3n) is 3.59. The number of methoxy groups -OCH3 is 1. The SMILES string of the molecule is COc1cc(C=O)ccc1OCC(=O)N(C)CC(=O)Nc1cccc(F)c1. The van der Waals surface area contributed by atoms with Gasteiger partial charge in [0, 0.05) is 18.3 Å². The Kier molecular flexibility index (Phi) is 6.87. The lowest BCUT2D eigenvalue weighted by Crippen LogP contribution is -2.37. The number of hydrogen-bond donors (Lipinski definition) is 1. The van der Waals surface area contributed by atoms with Crippen LogP contribution in [0.25, 0.3) is 0 Å². The first-order valence-corrected chi connectivity index (χ1v) is 7.98. The monoisotopic (exact) mass is 374 g/mol. The maximum absolute atomic E-state index is 13.1. The van der Waals surface area contributed by atoms with Crippen LogP contribution in [-0.2, 0) is 9.59 Å². The fourth-order valence-corrected chi connectivity index (χ4v) is 2.20. The molecule has 0 aromatic heterocycles. The van der Waals surface area contributed by atoms with Gasteiger partial charge in [0.05, 0.1) is 13.7 Å². The van der Waals surface area contributed by atoms with Crippen LogP contribution >= 0.6 is 0 Å². The first-order chi connectivity index (χ1) is 12.9. The molecule has 8 heteroatoms. The second-order valence-corrected chi connectivity index (χ2v) is 5.63. The summed E-state index contributed by atoms with van der Waals surface area (Å²) in [6, 6.07) is 10.00. The molecule has 2 aromatic carbocycles. The highest BCUT2D eigenvalue weighted by atomic mass is 19.1. The topological polar surface area (TPSA) is 84.9 Å². The zero-order chi connectivity index (χ0) is 19.8. The highest BCUT2D eigenvalue weighted by Gasteiger charge is 2.15. The van der Waals surface area contributed by atoms with Gasteiger partial charge in [0.15, 0.2) is 18.1 Å². The molecule has 0 bridgehead atoms. The van der Waals surface area contributed by atoms with Crippen LogP contribution in [0.4, 0.5) is 10.1 Å². The number of amides is 2. The van der Waals surface area contributed by atoms with E-state index in [9.17, 15) is 18.8 Å². The summed E-state index contributed by atoms with van der Waals surface area (Å²) < 4.78 is 23.6. The molecule has 7 nitrogen and oxygen atoms in total. The zero-order valence-corrected chi connectivity index (χ0v) is 14.9. The first kappa shape index (κ1) is 19.9. The molecule has 0 unspecified atom stereocenters. The van der Waals surface area contributed by atoms with Gasteiger partial charge in [-0.05, 0) is 36.4 Å². The van der Waals surface area contributed by atoms with E-state index in [2.05, 4.69) is 5.32 Å². The van der Waals surface area contributed by atoms with Crippen LogP contribution in [0.2, 0.25) is 0 Å². The first-order valence-electron chi connectivity index (χ1n) is 7.98. The second-order valence-electron chi connectivity index (χ2n) is 5.63. The largest absolute Gasteiger partial charge is 0.493 e. The Morgan fingerprint density at radius 2 is 1.96 bits per heavy atom. The van der Waals surface area contributed by atoms with E-state index in [0.717, 1.165) is 0 Å². The molecule has 0 aliphatic rings. The van der Waals surface area contributed by atoms with Gasteiger partial charge >= 0.3 is 0 Å². The molecule has 0 spiro atoms. The van der Waals surface area contributed by atoms with Crippen LogP contribution in [0.5, 0.6) is 11.5 Å². The van der Waals surface area contributed by atoms with Gasteiger partial charge in [-0.15, -0.1) is 0 Å². The van der Waals surface area contributed by atoms with Gasteiger partial charge in [0.1, 0.15) is 12.1 Å². The summed E-state index contributed by atoms with van der Waals surface area (Å²) in [5, 5.41) is 2.51. The molecular weight excluding hydrogens is 355 g/mol. The molecule has 0 atom stereocenters. The van der Waals surface area contributed by atoms with E-state index in [1.165, 1.54) is 55.5 Å². The van der Waals surface area contributed by atoms with Crippen LogP contribution in [0.3, 0.4) is 0 Å². The smallest absolute Gasteiger partial charge is 0.260 e. The molecule has 1 N–H and O–H groups in total. The number of hydrogen-bond acceptors (Lipinski definition) is 5. The molecule has 0 radical (unpaired) electrons. The summed E-state index contributed by atoms with van der Waals surface area (Å²) in [6.45, 7) is -0.541. The fraction of sp³-hybridized carbons (Fsp3) is 0.211. The van der Waals surface area contributed by atoms with Gasteiger partial charge in [-0.1, -0.05) is 6.07 Å². The minimum Gasteiger partial charge on any atom is -0.493 e. The number of benzene rings is 2. The van der Waals surface area contributed by atoms with Crippen molar-refractivity contribution < 1.29 is 28.2 Å². The van der Waals surface area contributed by atoms with Crippen molar-refractivity contribution in [3.8, 4) is 11.5 Å². The average Bonchev–Trinajstić information content (AvgIpc) is 2.65. The van der Waals surface area contributed by atoms with E-state index in [4.69, 9.17) is 9.47 Å². The van der Waals surface area contributed by atoms with Crippen molar-refractivity contribution in [3.05, 3.63) is 53.8 Å². The predicted molar refractivity (Wildman–Crippen MR) is 96.5 cm³/mol. The normalized spacial score (nSPS) is 10.0. The third kappa shape index (κ3) is 5.81. The summed E-state index contributed by atoms with van der Waals surface area (Å²) in [5.74, 6) is -0.761. The molecule has 0 aliphatic carbocycles. The minimum absolute atomic E-state index is 0.222. The van der Waals surface area contributed by atoms with Crippen LogP contribution in [0, 0.1) is 5.82 Å². The standard InChI is InChI=1S/C19H19FN2O5/c1-22(10-18(24)21-15-5-3-4-14(20)9-15)19(25)12-27-16-7-6-13(11-23)8-17(16)26-2/h3-9,11H,10,12H2,1-2H3,(H,21,24). The van der Waals surface area contributed by atoms with Gasteiger partial charge in [0.2, 0.25) is 5.91 Å².